The molecule has 0 aliphatic carbocycles. The van der Waals surface area contributed by atoms with Crippen LogP contribution in [0.3, 0.4) is 0 Å². The fourth-order valence-electron chi connectivity index (χ4n) is 1.63. The molecule has 0 amide bonds. The van der Waals surface area contributed by atoms with Gasteiger partial charge in [0.1, 0.15) is 11.6 Å². The van der Waals surface area contributed by atoms with Crippen LogP contribution in [-0.4, -0.2) is 15.0 Å². The molecule has 0 spiro atoms. The SMILES string of the molecule is Cc1c(NN)nc(C(C)(C)C)nc1Oc1cncc(Cl)c1. The Kier molecular flexibility index (Phi) is 4.29. The van der Waals surface area contributed by atoms with Crippen molar-refractivity contribution in [2.75, 3.05) is 5.43 Å². The third-order valence-corrected chi connectivity index (χ3v) is 3.01. The number of halogens is 1. The normalized spacial score (nSPS) is 11.3. The van der Waals surface area contributed by atoms with E-state index in [2.05, 4.69) is 20.4 Å². The fourth-order valence-corrected chi connectivity index (χ4v) is 1.80. The molecule has 112 valence electrons. The molecule has 0 aromatic carbocycles. The van der Waals surface area contributed by atoms with Crippen LogP contribution in [0, 0.1) is 6.92 Å². The molecule has 0 aliphatic heterocycles. The largest absolute Gasteiger partial charge is 0.437 e. The first-order valence-electron chi connectivity index (χ1n) is 6.45. The number of ether oxygens (including phenoxy) is 1. The summed E-state index contributed by atoms with van der Waals surface area (Å²) in [5.41, 5.74) is 3.05. The first-order valence-corrected chi connectivity index (χ1v) is 6.83. The highest BCUT2D eigenvalue weighted by Crippen LogP contribution is 2.30. The van der Waals surface area contributed by atoms with Crippen LogP contribution < -0.4 is 16.0 Å². The number of pyridine rings is 1. The standard InChI is InChI=1S/C14H18ClN5O/c1-8-11(20-16)18-13(14(2,3)4)19-12(8)21-10-5-9(15)6-17-7-10/h5-7H,16H2,1-4H3,(H,18,19,20). The molecule has 0 atom stereocenters. The lowest BCUT2D eigenvalue weighted by Crippen LogP contribution is -2.20. The number of nitrogens with one attached hydrogen (secondary N) is 1. The van der Waals surface area contributed by atoms with Crippen molar-refractivity contribution >= 4 is 17.4 Å². The Labute approximate surface area is 128 Å². The Bertz CT molecular complexity index is 654. The van der Waals surface area contributed by atoms with Crippen molar-refractivity contribution in [3.8, 4) is 11.6 Å². The summed E-state index contributed by atoms with van der Waals surface area (Å²) in [4.78, 5) is 12.9. The van der Waals surface area contributed by atoms with Crippen LogP contribution in [0.2, 0.25) is 5.02 Å². The molecule has 0 aliphatic rings. The molecule has 0 saturated carbocycles. The average molecular weight is 308 g/mol. The second kappa shape index (κ2) is 5.83. The second-order valence-electron chi connectivity index (χ2n) is 5.66. The van der Waals surface area contributed by atoms with Crippen molar-refractivity contribution in [1.82, 2.24) is 15.0 Å². The number of hydrogen-bond donors (Lipinski definition) is 2. The second-order valence-corrected chi connectivity index (χ2v) is 6.10. The van der Waals surface area contributed by atoms with E-state index in [1.165, 1.54) is 6.20 Å². The number of nitrogens with zero attached hydrogens (tertiary/aromatic N) is 3. The van der Waals surface area contributed by atoms with Crippen LogP contribution >= 0.6 is 11.6 Å². The number of anilines is 1. The van der Waals surface area contributed by atoms with Crippen LogP contribution in [-0.2, 0) is 5.41 Å². The molecule has 7 heteroatoms. The highest BCUT2D eigenvalue weighted by molar-refractivity contribution is 6.30. The van der Waals surface area contributed by atoms with Gasteiger partial charge in [0.15, 0.2) is 5.82 Å². The minimum Gasteiger partial charge on any atom is -0.437 e. The highest BCUT2D eigenvalue weighted by Gasteiger charge is 2.22. The minimum atomic E-state index is -0.232. The van der Waals surface area contributed by atoms with E-state index in [0.717, 1.165) is 0 Å². The van der Waals surface area contributed by atoms with Gasteiger partial charge in [-0.05, 0) is 6.92 Å². The van der Waals surface area contributed by atoms with Crippen LogP contribution in [0.4, 0.5) is 5.82 Å². The summed E-state index contributed by atoms with van der Waals surface area (Å²) in [5, 5.41) is 0.493. The topological polar surface area (TPSA) is 86.0 Å². The number of hydrogen-bond acceptors (Lipinski definition) is 6. The van der Waals surface area contributed by atoms with Gasteiger partial charge in [-0.25, -0.2) is 10.8 Å². The third kappa shape index (κ3) is 3.59. The molecule has 0 unspecified atom stereocenters. The van der Waals surface area contributed by atoms with Gasteiger partial charge in [0.2, 0.25) is 5.88 Å². The van der Waals surface area contributed by atoms with E-state index in [4.69, 9.17) is 22.2 Å². The van der Waals surface area contributed by atoms with Gasteiger partial charge >= 0.3 is 0 Å². The van der Waals surface area contributed by atoms with Crippen molar-refractivity contribution < 1.29 is 4.74 Å². The molecule has 0 saturated heterocycles. The molecule has 0 radical (unpaired) electrons. The predicted octanol–water partition coefficient (Wildman–Crippen LogP) is 3.21. The first-order chi connectivity index (χ1) is 9.81. The van der Waals surface area contributed by atoms with E-state index < -0.39 is 0 Å². The summed E-state index contributed by atoms with van der Waals surface area (Å²) in [6.07, 6.45) is 3.11. The molecule has 2 aromatic rings. The van der Waals surface area contributed by atoms with Gasteiger partial charge in [-0.1, -0.05) is 32.4 Å². The van der Waals surface area contributed by atoms with E-state index in [0.29, 0.717) is 33.9 Å². The van der Waals surface area contributed by atoms with E-state index in [1.54, 1.807) is 12.3 Å². The Morgan fingerprint density at radius 3 is 2.52 bits per heavy atom. The summed E-state index contributed by atoms with van der Waals surface area (Å²) < 4.78 is 5.77. The lowest BCUT2D eigenvalue weighted by atomic mass is 9.95. The summed E-state index contributed by atoms with van der Waals surface area (Å²) in [6, 6.07) is 1.67. The Morgan fingerprint density at radius 1 is 1.24 bits per heavy atom. The molecule has 2 rings (SSSR count). The maximum absolute atomic E-state index is 5.91. The number of nitrogens with two attached hydrogens (primary N) is 1. The molecular weight excluding hydrogens is 290 g/mol. The molecule has 3 N–H and O–H groups in total. The van der Waals surface area contributed by atoms with Gasteiger partial charge in [0, 0.05) is 17.7 Å². The Hall–Kier alpha value is -1.92. The fraction of sp³-hybridized carbons (Fsp3) is 0.357. The van der Waals surface area contributed by atoms with Crippen molar-refractivity contribution in [3.63, 3.8) is 0 Å². The lowest BCUT2D eigenvalue weighted by Gasteiger charge is -2.20. The molecule has 2 aromatic heterocycles. The zero-order valence-corrected chi connectivity index (χ0v) is 13.2. The predicted molar refractivity (Wildman–Crippen MR) is 82.6 cm³/mol. The van der Waals surface area contributed by atoms with Gasteiger partial charge in [-0.3, -0.25) is 4.98 Å². The average Bonchev–Trinajstić information content (AvgIpc) is 2.40. The lowest BCUT2D eigenvalue weighted by molar-refractivity contribution is 0.441. The van der Waals surface area contributed by atoms with E-state index in [9.17, 15) is 0 Å². The van der Waals surface area contributed by atoms with E-state index >= 15 is 0 Å². The number of nitrogen functional groups attached to an aromatic ring is 1. The number of rotatable bonds is 3. The molecular formula is C14H18ClN5O. The van der Waals surface area contributed by atoms with Crippen molar-refractivity contribution in [1.29, 1.82) is 0 Å². The van der Waals surface area contributed by atoms with Crippen molar-refractivity contribution in [3.05, 3.63) is 34.9 Å². The molecule has 21 heavy (non-hydrogen) atoms. The van der Waals surface area contributed by atoms with Crippen LogP contribution in [0.5, 0.6) is 11.6 Å². The third-order valence-electron chi connectivity index (χ3n) is 2.80. The summed E-state index contributed by atoms with van der Waals surface area (Å²) in [5.74, 6) is 7.61. The van der Waals surface area contributed by atoms with Crippen LogP contribution in [0.15, 0.2) is 18.5 Å². The smallest absolute Gasteiger partial charge is 0.227 e. The molecule has 2 heterocycles. The van der Waals surface area contributed by atoms with Gasteiger partial charge in [0.05, 0.1) is 16.8 Å². The summed E-state index contributed by atoms with van der Waals surface area (Å²) >= 11 is 5.91. The number of hydrazine groups is 1. The zero-order valence-electron chi connectivity index (χ0n) is 12.4. The van der Waals surface area contributed by atoms with Gasteiger partial charge in [0.25, 0.3) is 0 Å². The maximum Gasteiger partial charge on any atom is 0.227 e. The molecule has 0 bridgehead atoms. The van der Waals surface area contributed by atoms with Gasteiger partial charge in [-0.2, -0.15) is 4.98 Å². The highest BCUT2D eigenvalue weighted by atomic mass is 35.5. The van der Waals surface area contributed by atoms with Gasteiger partial charge in [-0.15, -0.1) is 0 Å². The van der Waals surface area contributed by atoms with E-state index in [1.807, 2.05) is 27.7 Å². The minimum absolute atomic E-state index is 0.232. The van der Waals surface area contributed by atoms with Gasteiger partial charge < -0.3 is 10.2 Å². The zero-order chi connectivity index (χ0) is 15.6. The summed E-state index contributed by atoms with van der Waals surface area (Å²) in [7, 11) is 0. The quantitative estimate of drug-likeness (QED) is 0.669. The Morgan fingerprint density at radius 2 is 1.95 bits per heavy atom. The van der Waals surface area contributed by atoms with Crippen LogP contribution in [0.25, 0.3) is 0 Å². The van der Waals surface area contributed by atoms with Crippen molar-refractivity contribution in [2.24, 2.45) is 5.84 Å². The number of aromatic nitrogens is 3. The summed E-state index contributed by atoms with van der Waals surface area (Å²) in [6.45, 7) is 7.88. The van der Waals surface area contributed by atoms with Crippen molar-refractivity contribution in [2.45, 2.75) is 33.1 Å². The molecule has 6 nitrogen and oxygen atoms in total. The molecule has 0 fully saturated rings. The maximum atomic E-state index is 5.91. The van der Waals surface area contributed by atoms with E-state index in [-0.39, 0.29) is 5.41 Å². The first kappa shape index (κ1) is 15.5. The van der Waals surface area contributed by atoms with Crippen LogP contribution in [0.1, 0.15) is 32.2 Å². The monoisotopic (exact) mass is 307 g/mol. The Balaban J connectivity index is 2.47.